The van der Waals surface area contributed by atoms with Crippen molar-refractivity contribution >= 4 is 5.78 Å². The molecular weight excluding hydrogens is 266 g/mol. The number of ketones is 1. The molecule has 1 aromatic carbocycles. The molecule has 0 saturated heterocycles. The van der Waals surface area contributed by atoms with Gasteiger partial charge < -0.3 is 9.47 Å². The summed E-state index contributed by atoms with van der Waals surface area (Å²) in [6.07, 6.45) is 3.46. The Morgan fingerprint density at radius 1 is 1.10 bits per heavy atom. The Hall–Kier alpha value is -1.23. The summed E-state index contributed by atoms with van der Waals surface area (Å²) in [4.78, 5) is 14.5. The standard InChI is InChI=1S/C17H25NO3/c1-20-10-8-18(9-11-21-2)13-17(19)16-7-6-14-4-3-5-15(14)12-16/h6-7,12H,3-5,8-11,13H2,1-2H3. The Morgan fingerprint density at radius 3 is 2.43 bits per heavy atom. The lowest BCUT2D eigenvalue weighted by molar-refractivity contribution is 0.0837. The predicted octanol–water partition coefficient (Wildman–Crippen LogP) is 1.95. The summed E-state index contributed by atoms with van der Waals surface area (Å²) >= 11 is 0. The van der Waals surface area contributed by atoms with Crippen LogP contribution in [-0.4, -0.2) is 57.8 Å². The molecule has 1 aromatic rings. The average Bonchev–Trinajstić information content (AvgIpc) is 2.97. The van der Waals surface area contributed by atoms with Gasteiger partial charge in [-0.15, -0.1) is 0 Å². The van der Waals surface area contributed by atoms with E-state index in [1.165, 1.54) is 17.5 Å². The molecule has 1 aliphatic carbocycles. The Balaban J connectivity index is 1.97. The van der Waals surface area contributed by atoms with Crippen LogP contribution in [0.25, 0.3) is 0 Å². The molecule has 0 amide bonds. The Labute approximate surface area is 127 Å². The van der Waals surface area contributed by atoms with E-state index >= 15 is 0 Å². The van der Waals surface area contributed by atoms with Crippen LogP contribution in [0.2, 0.25) is 0 Å². The summed E-state index contributed by atoms with van der Waals surface area (Å²) in [5.41, 5.74) is 3.58. The highest BCUT2D eigenvalue weighted by atomic mass is 16.5. The zero-order chi connectivity index (χ0) is 15.1. The first-order valence-corrected chi connectivity index (χ1v) is 7.60. The van der Waals surface area contributed by atoms with Gasteiger partial charge in [-0.05, 0) is 36.5 Å². The van der Waals surface area contributed by atoms with Crippen molar-refractivity contribution in [3.05, 3.63) is 34.9 Å². The second-order valence-corrected chi connectivity index (χ2v) is 5.52. The second-order valence-electron chi connectivity index (χ2n) is 5.52. The van der Waals surface area contributed by atoms with Crippen LogP contribution in [0.1, 0.15) is 27.9 Å². The van der Waals surface area contributed by atoms with Crippen LogP contribution in [0.15, 0.2) is 18.2 Å². The molecule has 1 aliphatic rings. The minimum Gasteiger partial charge on any atom is -0.383 e. The number of hydrogen-bond donors (Lipinski definition) is 0. The monoisotopic (exact) mass is 291 g/mol. The van der Waals surface area contributed by atoms with E-state index in [9.17, 15) is 4.79 Å². The van der Waals surface area contributed by atoms with E-state index in [-0.39, 0.29) is 5.78 Å². The largest absolute Gasteiger partial charge is 0.383 e. The van der Waals surface area contributed by atoms with E-state index in [0.717, 1.165) is 31.5 Å². The van der Waals surface area contributed by atoms with E-state index in [2.05, 4.69) is 17.0 Å². The Bertz CT molecular complexity index is 465. The van der Waals surface area contributed by atoms with Crippen LogP contribution < -0.4 is 0 Å². The highest BCUT2D eigenvalue weighted by molar-refractivity contribution is 5.97. The third kappa shape index (κ3) is 4.63. The van der Waals surface area contributed by atoms with Gasteiger partial charge in [0.1, 0.15) is 0 Å². The molecule has 0 radical (unpaired) electrons. The first-order valence-electron chi connectivity index (χ1n) is 7.60. The fourth-order valence-corrected chi connectivity index (χ4v) is 2.75. The fraction of sp³-hybridized carbons (Fsp3) is 0.588. The van der Waals surface area contributed by atoms with E-state index < -0.39 is 0 Å². The zero-order valence-electron chi connectivity index (χ0n) is 13.1. The summed E-state index contributed by atoms with van der Waals surface area (Å²) < 4.78 is 10.2. The van der Waals surface area contributed by atoms with Crippen LogP contribution >= 0.6 is 0 Å². The molecule has 0 aromatic heterocycles. The highest BCUT2D eigenvalue weighted by Gasteiger charge is 2.16. The maximum Gasteiger partial charge on any atom is 0.176 e. The molecule has 0 fully saturated rings. The van der Waals surface area contributed by atoms with Gasteiger partial charge in [0.2, 0.25) is 0 Å². The highest BCUT2D eigenvalue weighted by Crippen LogP contribution is 2.23. The predicted molar refractivity (Wildman–Crippen MR) is 83.0 cm³/mol. The molecule has 4 heteroatoms. The lowest BCUT2D eigenvalue weighted by atomic mass is 10.0. The molecule has 0 unspecified atom stereocenters. The van der Waals surface area contributed by atoms with Gasteiger partial charge in [0.05, 0.1) is 19.8 Å². The Kier molecular flexibility index (Phi) is 6.36. The summed E-state index contributed by atoms with van der Waals surface area (Å²) in [5, 5.41) is 0. The molecule has 116 valence electrons. The summed E-state index contributed by atoms with van der Waals surface area (Å²) in [6.45, 7) is 3.17. The fourth-order valence-electron chi connectivity index (χ4n) is 2.75. The molecule has 0 aliphatic heterocycles. The summed E-state index contributed by atoms with van der Waals surface area (Å²) in [5.74, 6) is 0.178. The van der Waals surface area contributed by atoms with Gasteiger partial charge >= 0.3 is 0 Å². The van der Waals surface area contributed by atoms with E-state index in [1.54, 1.807) is 14.2 Å². The third-order valence-corrected chi connectivity index (χ3v) is 4.01. The number of Topliss-reactive ketones (excluding diaryl/α,β-unsaturated/α-hetero) is 1. The number of methoxy groups -OCH3 is 2. The van der Waals surface area contributed by atoms with Crippen molar-refractivity contribution in [1.82, 2.24) is 4.90 Å². The number of carbonyl (C=O) groups is 1. The molecule has 0 spiro atoms. The van der Waals surface area contributed by atoms with E-state index in [4.69, 9.17) is 9.47 Å². The number of rotatable bonds is 9. The van der Waals surface area contributed by atoms with E-state index in [1.807, 2.05) is 6.07 Å². The number of aryl methyl sites for hydroxylation is 2. The molecule has 2 rings (SSSR count). The lowest BCUT2D eigenvalue weighted by Crippen LogP contribution is -2.35. The minimum absolute atomic E-state index is 0.178. The number of nitrogens with zero attached hydrogens (tertiary/aromatic N) is 1. The number of ether oxygens (including phenoxy) is 2. The van der Waals surface area contributed by atoms with Crippen LogP contribution in [0.5, 0.6) is 0 Å². The SMILES string of the molecule is COCCN(CCOC)CC(=O)c1ccc2c(c1)CCC2. The zero-order valence-corrected chi connectivity index (χ0v) is 13.1. The first kappa shape index (κ1) is 16.1. The van der Waals surface area contributed by atoms with Gasteiger partial charge in [0.15, 0.2) is 5.78 Å². The quantitative estimate of drug-likeness (QED) is 0.652. The van der Waals surface area contributed by atoms with Gasteiger partial charge in [0, 0.05) is 32.9 Å². The number of hydrogen-bond acceptors (Lipinski definition) is 4. The molecule has 21 heavy (non-hydrogen) atoms. The molecular formula is C17H25NO3. The van der Waals surface area contributed by atoms with Crippen molar-refractivity contribution in [2.24, 2.45) is 0 Å². The van der Waals surface area contributed by atoms with Crippen LogP contribution in [0.4, 0.5) is 0 Å². The lowest BCUT2D eigenvalue weighted by Gasteiger charge is -2.20. The van der Waals surface area contributed by atoms with Crippen LogP contribution in [0.3, 0.4) is 0 Å². The molecule has 4 nitrogen and oxygen atoms in total. The van der Waals surface area contributed by atoms with Gasteiger partial charge in [-0.3, -0.25) is 9.69 Å². The van der Waals surface area contributed by atoms with Crippen molar-refractivity contribution in [3.8, 4) is 0 Å². The van der Waals surface area contributed by atoms with Gasteiger partial charge in [-0.25, -0.2) is 0 Å². The molecule has 0 atom stereocenters. The van der Waals surface area contributed by atoms with Crippen LogP contribution in [0, 0.1) is 0 Å². The third-order valence-electron chi connectivity index (χ3n) is 4.01. The first-order chi connectivity index (χ1) is 10.2. The normalized spacial score (nSPS) is 13.7. The van der Waals surface area contributed by atoms with Gasteiger partial charge in [-0.1, -0.05) is 12.1 Å². The van der Waals surface area contributed by atoms with E-state index in [0.29, 0.717) is 19.8 Å². The molecule has 0 bridgehead atoms. The number of fused-ring (bicyclic) bond motifs is 1. The molecule has 0 N–H and O–H groups in total. The van der Waals surface area contributed by atoms with Gasteiger partial charge in [0.25, 0.3) is 0 Å². The van der Waals surface area contributed by atoms with Crippen molar-refractivity contribution < 1.29 is 14.3 Å². The molecule has 0 heterocycles. The average molecular weight is 291 g/mol. The number of benzene rings is 1. The van der Waals surface area contributed by atoms with Crippen molar-refractivity contribution in [1.29, 1.82) is 0 Å². The number of carbonyl (C=O) groups excluding carboxylic acids is 1. The summed E-state index contributed by atoms with van der Waals surface area (Å²) in [7, 11) is 3.35. The second kappa shape index (κ2) is 8.27. The molecule has 0 saturated carbocycles. The Morgan fingerprint density at radius 2 is 1.76 bits per heavy atom. The van der Waals surface area contributed by atoms with Crippen molar-refractivity contribution in [2.75, 3.05) is 47.1 Å². The maximum absolute atomic E-state index is 12.5. The summed E-state index contributed by atoms with van der Waals surface area (Å²) in [6, 6.07) is 6.16. The minimum atomic E-state index is 0.178. The topological polar surface area (TPSA) is 38.8 Å². The van der Waals surface area contributed by atoms with Crippen molar-refractivity contribution in [2.45, 2.75) is 19.3 Å². The smallest absolute Gasteiger partial charge is 0.176 e. The van der Waals surface area contributed by atoms with Crippen LogP contribution in [-0.2, 0) is 22.3 Å². The maximum atomic E-state index is 12.5. The van der Waals surface area contributed by atoms with Gasteiger partial charge in [-0.2, -0.15) is 0 Å². The van der Waals surface area contributed by atoms with Crippen molar-refractivity contribution in [3.63, 3.8) is 0 Å².